The number of rotatable bonds is 4. The highest BCUT2D eigenvalue weighted by atomic mass is 32.1. The molecule has 2 N–H and O–H groups in total. The predicted octanol–water partition coefficient (Wildman–Crippen LogP) is 2.41. The molecule has 4 rings (SSSR count). The molecule has 110 valence electrons. The van der Waals surface area contributed by atoms with Crippen LogP contribution in [-0.2, 0) is 12.8 Å². The van der Waals surface area contributed by atoms with Crippen molar-refractivity contribution < 1.29 is 0 Å². The Labute approximate surface area is 134 Å². The molecule has 0 saturated carbocycles. The fourth-order valence-electron chi connectivity index (χ4n) is 2.22. The van der Waals surface area contributed by atoms with Gasteiger partial charge in [-0.1, -0.05) is 41.7 Å². The van der Waals surface area contributed by atoms with Gasteiger partial charge in [-0.25, -0.2) is 4.98 Å². The van der Waals surface area contributed by atoms with Crippen LogP contribution in [0.15, 0.2) is 35.7 Å². The minimum atomic E-state index is 0.586. The van der Waals surface area contributed by atoms with Crippen LogP contribution in [0.25, 0.3) is 4.96 Å². The Balaban J connectivity index is 1.61. The van der Waals surface area contributed by atoms with Crippen LogP contribution in [-0.4, -0.2) is 24.8 Å². The summed E-state index contributed by atoms with van der Waals surface area (Å²) in [4.78, 5) is 5.08. The molecule has 0 aliphatic rings. The minimum absolute atomic E-state index is 0.586. The van der Waals surface area contributed by atoms with E-state index in [0.717, 1.165) is 27.9 Å². The first-order valence-electron chi connectivity index (χ1n) is 6.72. The van der Waals surface area contributed by atoms with Crippen LogP contribution < -0.4 is 5.73 Å². The van der Waals surface area contributed by atoms with Crippen molar-refractivity contribution in [3.63, 3.8) is 0 Å². The van der Waals surface area contributed by atoms with Gasteiger partial charge in [0, 0.05) is 18.2 Å². The molecule has 0 bridgehead atoms. The van der Waals surface area contributed by atoms with Crippen molar-refractivity contribution in [1.29, 1.82) is 0 Å². The Bertz CT molecular complexity index is 908. The van der Waals surface area contributed by atoms with E-state index in [4.69, 9.17) is 5.73 Å². The summed E-state index contributed by atoms with van der Waals surface area (Å²) in [7, 11) is 0. The molecule has 0 spiro atoms. The number of nitrogen functional groups attached to an aromatic ring is 1. The average molecular weight is 328 g/mol. The molecule has 0 unspecified atom stereocenters. The fourth-order valence-corrected chi connectivity index (χ4v) is 3.65. The molecule has 0 fully saturated rings. The van der Waals surface area contributed by atoms with E-state index >= 15 is 0 Å². The summed E-state index contributed by atoms with van der Waals surface area (Å²) in [5.74, 6) is 0.849. The van der Waals surface area contributed by atoms with Crippen molar-refractivity contribution in [1.82, 2.24) is 24.8 Å². The summed E-state index contributed by atoms with van der Waals surface area (Å²) in [5, 5.41) is 16.6. The molecule has 0 aliphatic carbocycles. The molecular formula is C14H12N6S2. The standard InChI is InChI=1S/C14H12N6S2/c15-13-16-10(8-21-13)7-12-19-20-11(17-18-14(20)22-12)6-9-4-2-1-3-5-9/h1-5,8H,6-7H2,(H2,15,16). The van der Waals surface area contributed by atoms with Crippen LogP contribution in [0.5, 0.6) is 0 Å². The summed E-state index contributed by atoms with van der Waals surface area (Å²) in [6, 6.07) is 10.2. The molecule has 3 heterocycles. The quantitative estimate of drug-likeness (QED) is 0.622. The van der Waals surface area contributed by atoms with Crippen LogP contribution in [0.2, 0.25) is 0 Å². The van der Waals surface area contributed by atoms with Gasteiger partial charge in [-0.3, -0.25) is 0 Å². The summed E-state index contributed by atoms with van der Waals surface area (Å²) >= 11 is 2.98. The third-order valence-corrected chi connectivity index (χ3v) is 4.83. The van der Waals surface area contributed by atoms with Gasteiger partial charge in [-0.05, 0) is 5.56 Å². The number of hydrogen-bond donors (Lipinski definition) is 1. The van der Waals surface area contributed by atoms with Gasteiger partial charge in [0.15, 0.2) is 11.0 Å². The van der Waals surface area contributed by atoms with Crippen LogP contribution >= 0.6 is 22.7 Å². The molecule has 6 nitrogen and oxygen atoms in total. The summed E-state index contributed by atoms with van der Waals surface area (Å²) in [6.07, 6.45) is 1.39. The molecule has 0 atom stereocenters. The lowest BCUT2D eigenvalue weighted by atomic mass is 10.1. The van der Waals surface area contributed by atoms with Gasteiger partial charge >= 0.3 is 0 Å². The Morgan fingerprint density at radius 1 is 1.09 bits per heavy atom. The van der Waals surface area contributed by atoms with E-state index in [1.54, 1.807) is 0 Å². The highest BCUT2D eigenvalue weighted by Gasteiger charge is 2.13. The first-order chi connectivity index (χ1) is 10.8. The maximum atomic E-state index is 5.66. The molecule has 22 heavy (non-hydrogen) atoms. The number of fused-ring (bicyclic) bond motifs is 1. The Morgan fingerprint density at radius 2 is 1.95 bits per heavy atom. The van der Waals surface area contributed by atoms with Crippen molar-refractivity contribution in [2.45, 2.75) is 12.8 Å². The number of nitrogens with two attached hydrogens (primary N) is 1. The van der Waals surface area contributed by atoms with Crippen LogP contribution in [0, 0.1) is 0 Å². The Kier molecular flexibility index (Phi) is 3.32. The van der Waals surface area contributed by atoms with E-state index < -0.39 is 0 Å². The zero-order valence-electron chi connectivity index (χ0n) is 11.5. The van der Waals surface area contributed by atoms with Crippen molar-refractivity contribution in [3.05, 3.63) is 57.8 Å². The fraction of sp³-hybridized carbons (Fsp3) is 0.143. The van der Waals surface area contributed by atoms with Gasteiger partial charge in [0.2, 0.25) is 4.96 Å². The molecule has 0 aliphatic heterocycles. The molecule has 0 amide bonds. The topological polar surface area (TPSA) is 82.0 Å². The van der Waals surface area contributed by atoms with Crippen LogP contribution in [0.1, 0.15) is 22.1 Å². The number of thiazole rings is 1. The molecule has 8 heteroatoms. The van der Waals surface area contributed by atoms with Crippen molar-refractivity contribution >= 4 is 32.8 Å². The second-order valence-electron chi connectivity index (χ2n) is 4.82. The molecule has 0 saturated heterocycles. The second-order valence-corrected chi connectivity index (χ2v) is 6.75. The summed E-state index contributed by atoms with van der Waals surface area (Å²) in [5.41, 5.74) is 7.80. The van der Waals surface area contributed by atoms with Gasteiger partial charge in [0.25, 0.3) is 0 Å². The number of nitrogens with zero attached hydrogens (tertiary/aromatic N) is 5. The molecular weight excluding hydrogens is 316 g/mol. The van der Waals surface area contributed by atoms with E-state index in [9.17, 15) is 0 Å². The Morgan fingerprint density at radius 3 is 2.73 bits per heavy atom. The van der Waals surface area contributed by atoms with E-state index in [2.05, 4.69) is 32.4 Å². The number of anilines is 1. The molecule has 0 radical (unpaired) electrons. The first-order valence-corrected chi connectivity index (χ1v) is 8.41. The van der Waals surface area contributed by atoms with Gasteiger partial charge in [0.1, 0.15) is 5.01 Å². The Hall–Kier alpha value is -2.32. The predicted molar refractivity (Wildman–Crippen MR) is 87.2 cm³/mol. The summed E-state index contributed by atoms with van der Waals surface area (Å²) < 4.78 is 1.82. The molecule has 3 aromatic heterocycles. The van der Waals surface area contributed by atoms with E-state index in [-0.39, 0.29) is 0 Å². The molecule has 4 aromatic rings. The normalized spacial score (nSPS) is 11.3. The summed E-state index contributed by atoms with van der Waals surface area (Å²) in [6.45, 7) is 0. The lowest BCUT2D eigenvalue weighted by Gasteiger charge is -1.97. The van der Waals surface area contributed by atoms with Crippen molar-refractivity contribution in [2.24, 2.45) is 0 Å². The number of benzene rings is 1. The average Bonchev–Trinajstić information content (AvgIpc) is 3.19. The second kappa shape index (κ2) is 5.47. The van der Waals surface area contributed by atoms with Gasteiger partial charge in [-0.15, -0.1) is 21.5 Å². The van der Waals surface area contributed by atoms with Gasteiger partial charge in [0.05, 0.1) is 5.69 Å². The number of aromatic nitrogens is 5. The highest BCUT2D eigenvalue weighted by molar-refractivity contribution is 7.16. The highest BCUT2D eigenvalue weighted by Crippen LogP contribution is 2.20. The van der Waals surface area contributed by atoms with Crippen molar-refractivity contribution in [3.8, 4) is 0 Å². The maximum absolute atomic E-state index is 5.66. The van der Waals surface area contributed by atoms with E-state index in [1.165, 1.54) is 28.2 Å². The molecule has 1 aromatic carbocycles. The lowest BCUT2D eigenvalue weighted by Crippen LogP contribution is -1.98. The van der Waals surface area contributed by atoms with E-state index in [0.29, 0.717) is 11.6 Å². The third-order valence-electron chi connectivity index (χ3n) is 3.20. The van der Waals surface area contributed by atoms with Gasteiger partial charge in [-0.2, -0.15) is 9.61 Å². The smallest absolute Gasteiger partial charge is 0.234 e. The van der Waals surface area contributed by atoms with Gasteiger partial charge < -0.3 is 5.73 Å². The monoisotopic (exact) mass is 328 g/mol. The zero-order chi connectivity index (χ0) is 14.9. The third kappa shape index (κ3) is 2.58. The zero-order valence-corrected chi connectivity index (χ0v) is 13.1. The first kappa shape index (κ1) is 13.4. The van der Waals surface area contributed by atoms with Crippen molar-refractivity contribution in [2.75, 3.05) is 5.73 Å². The minimum Gasteiger partial charge on any atom is -0.375 e. The maximum Gasteiger partial charge on any atom is 0.234 e. The van der Waals surface area contributed by atoms with Crippen LogP contribution in [0.3, 0.4) is 0 Å². The SMILES string of the molecule is Nc1nc(Cc2nn3c(Cc4ccccc4)nnc3s2)cs1. The van der Waals surface area contributed by atoms with E-state index in [1.807, 2.05) is 28.1 Å². The van der Waals surface area contributed by atoms with Crippen LogP contribution in [0.4, 0.5) is 5.13 Å². The largest absolute Gasteiger partial charge is 0.375 e. The lowest BCUT2D eigenvalue weighted by molar-refractivity contribution is 0.828. The number of hydrogen-bond acceptors (Lipinski definition) is 7.